The van der Waals surface area contributed by atoms with Crippen LogP contribution in [0.4, 0.5) is 4.39 Å². The van der Waals surface area contributed by atoms with E-state index in [0.29, 0.717) is 0 Å². The van der Waals surface area contributed by atoms with E-state index in [0.717, 1.165) is 18.7 Å². The standard InChI is InChI=1S/C13H13FN2/c14-13-5-1-3-11(7-13)8-16-10-12-4-2-6-15-9-12/h1-7,9,16H,8,10H2/p+1. The first-order chi connectivity index (χ1) is 7.84. The van der Waals surface area contributed by atoms with Crippen LogP contribution in [0.2, 0.25) is 0 Å². The molecular weight excluding hydrogens is 203 g/mol. The Labute approximate surface area is 94.2 Å². The third-order valence-corrected chi connectivity index (χ3v) is 2.37. The van der Waals surface area contributed by atoms with Crippen molar-refractivity contribution in [3.8, 4) is 0 Å². The minimum absolute atomic E-state index is 0.174. The van der Waals surface area contributed by atoms with Gasteiger partial charge in [-0.1, -0.05) is 18.2 Å². The Balaban J connectivity index is 1.85. The Morgan fingerprint density at radius 1 is 1.06 bits per heavy atom. The first-order valence-corrected chi connectivity index (χ1v) is 5.29. The monoisotopic (exact) mass is 217 g/mol. The fourth-order valence-corrected chi connectivity index (χ4v) is 1.59. The van der Waals surface area contributed by atoms with E-state index in [1.54, 1.807) is 18.3 Å². The van der Waals surface area contributed by atoms with Gasteiger partial charge in [-0.3, -0.25) is 4.98 Å². The molecule has 0 saturated carbocycles. The molecule has 0 spiro atoms. The fraction of sp³-hybridized carbons (Fsp3) is 0.154. The Hall–Kier alpha value is -1.74. The molecule has 0 unspecified atom stereocenters. The Morgan fingerprint density at radius 2 is 1.88 bits per heavy atom. The van der Waals surface area contributed by atoms with Crippen LogP contribution in [0.15, 0.2) is 48.8 Å². The predicted molar refractivity (Wildman–Crippen MR) is 60.0 cm³/mol. The van der Waals surface area contributed by atoms with Crippen LogP contribution in [0.25, 0.3) is 0 Å². The van der Waals surface area contributed by atoms with Crippen molar-refractivity contribution in [2.75, 3.05) is 0 Å². The van der Waals surface area contributed by atoms with Gasteiger partial charge in [0.15, 0.2) is 0 Å². The second kappa shape index (κ2) is 5.37. The summed E-state index contributed by atoms with van der Waals surface area (Å²) in [6.07, 6.45) is 3.61. The molecule has 3 heteroatoms. The van der Waals surface area contributed by atoms with Crippen LogP contribution >= 0.6 is 0 Å². The number of benzene rings is 1. The number of quaternary nitrogens is 1. The van der Waals surface area contributed by atoms with E-state index in [2.05, 4.69) is 10.3 Å². The second-order valence-corrected chi connectivity index (χ2v) is 3.69. The summed E-state index contributed by atoms with van der Waals surface area (Å²) in [4.78, 5) is 4.04. The molecule has 2 N–H and O–H groups in total. The number of hydrogen-bond acceptors (Lipinski definition) is 1. The van der Waals surface area contributed by atoms with Crippen LogP contribution in [0.3, 0.4) is 0 Å². The summed E-state index contributed by atoms with van der Waals surface area (Å²) >= 11 is 0. The van der Waals surface area contributed by atoms with E-state index in [1.807, 2.05) is 24.4 Å². The third-order valence-electron chi connectivity index (χ3n) is 2.37. The quantitative estimate of drug-likeness (QED) is 0.826. The van der Waals surface area contributed by atoms with Gasteiger partial charge >= 0.3 is 0 Å². The topological polar surface area (TPSA) is 29.5 Å². The Kier molecular flexibility index (Phi) is 3.62. The molecular formula is C13H14FN2+. The molecule has 0 saturated heterocycles. The number of hydrogen-bond donors (Lipinski definition) is 1. The molecule has 0 radical (unpaired) electrons. The highest BCUT2D eigenvalue weighted by atomic mass is 19.1. The average molecular weight is 217 g/mol. The lowest BCUT2D eigenvalue weighted by Crippen LogP contribution is -2.80. The number of rotatable bonds is 4. The molecule has 0 fully saturated rings. The number of nitrogens with zero attached hydrogens (tertiary/aromatic N) is 1. The van der Waals surface area contributed by atoms with E-state index in [4.69, 9.17) is 0 Å². The highest BCUT2D eigenvalue weighted by molar-refractivity contribution is 5.15. The first-order valence-electron chi connectivity index (χ1n) is 5.29. The van der Waals surface area contributed by atoms with E-state index in [1.165, 1.54) is 11.6 Å². The highest BCUT2D eigenvalue weighted by Gasteiger charge is 1.98. The average Bonchev–Trinajstić information content (AvgIpc) is 2.30. The molecule has 2 rings (SSSR count). The zero-order valence-electron chi connectivity index (χ0n) is 8.94. The summed E-state index contributed by atoms with van der Waals surface area (Å²) in [5.41, 5.74) is 2.18. The second-order valence-electron chi connectivity index (χ2n) is 3.69. The number of aromatic nitrogens is 1. The lowest BCUT2D eigenvalue weighted by Gasteiger charge is -2.01. The van der Waals surface area contributed by atoms with Gasteiger partial charge in [0, 0.05) is 23.5 Å². The number of halogens is 1. The number of nitrogens with two attached hydrogens (primary N) is 1. The molecule has 0 atom stereocenters. The van der Waals surface area contributed by atoms with Gasteiger partial charge in [0.05, 0.1) is 0 Å². The largest absolute Gasteiger partial charge is 0.339 e. The van der Waals surface area contributed by atoms with E-state index >= 15 is 0 Å². The molecule has 1 aromatic carbocycles. The smallest absolute Gasteiger partial charge is 0.123 e. The van der Waals surface area contributed by atoms with Crippen molar-refractivity contribution in [1.29, 1.82) is 0 Å². The van der Waals surface area contributed by atoms with Gasteiger partial charge < -0.3 is 5.32 Å². The zero-order chi connectivity index (χ0) is 11.2. The van der Waals surface area contributed by atoms with Crippen molar-refractivity contribution in [2.45, 2.75) is 13.1 Å². The Bertz CT molecular complexity index is 443. The summed E-state index contributed by atoms with van der Waals surface area (Å²) < 4.78 is 12.9. The SMILES string of the molecule is Fc1cccc(C[NH2+]Cc2cccnc2)c1. The van der Waals surface area contributed by atoms with Gasteiger partial charge in [-0.2, -0.15) is 0 Å². The van der Waals surface area contributed by atoms with Crippen LogP contribution < -0.4 is 5.32 Å². The van der Waals surface area contributed by atoms with E-state index < -0.39 is 0 Å². The molecule has 0 aliphatic heterocycles. The molecule has 0 bridgehead atoms. The molecule has 1 heterocycles. The van der Waals surface area contributed by atoms with Gasteiger partial charge in [-0.05, 0) is 18.2 Å². The molecule has 0 amide bonds. The fourth-order valence-electron chi connectivity index (χ4n) is 1.59. The van der Waals surface area contributed by atoms with Crippen molar-refractivity contribution in [3.05, 3.63) is 65.7 Å². The summed E-state index contributed by atoms with van der Waals surface area (Å²) in [6.45, 7) is 1.65. The maximum atomic E-state index is 12.9. The minimum atomic E-state index is -0.174. The van der Waals surface area contributed by atoms with Crippen molar-refractivity contribution >= 4 is 0 Å². The van der Waals surface area contributed by atoms with Crippen LogP contribution in [-0.4, -0.2) is 4.98 Å². The molecule has 2 aromatic rings. The van der Waals surface area contributed by atoms with Gasteiger partial charge in [0.1, 0.15) is 18.9 Å². The lowest BCUT2D eigenvalue weighted by atomic mass is 10.2. The maximum absolute atomic E-state index is 12.9. The first kappa shape index (κ1) is 10.8. The molecule has 2 nitrogen and oxygen atoms in total. The van der Waals surface area contributed by atoms with Gasteiger partial charge in [0.2, 0.25) is 0 Å². The van der Waals surface area contributed by atoms with Crippen molar-refractivity contribution in [2.24, 2.45) is 0 Å². The normalized spacial score (nSPS) is 10.3. The molecule has 16 heavy (non-hydrogen) atoms. The summed E-state index contributed by atoms with van der Waals surface area (Å²) in [5, 5.41) is 2.13. The summed E-state index contributed by atoms with van der Waals surface area (Å²) in [6, 6.07) is 10.7. The van der Waals surface area contributed by atoms with Crippen LogP contribution in [-0.2, 0) is 13.1 Å². The van der Waals surface area contributed by atoms with Crippen molar-refractivity contribution in [3.63, 3.8) is 0 Å². The summed E-state index contributed by atoms with van der Waals surface area (Å²) in [7, 11) is 0. The molecule has 0 aliphatic rings. The summed E-state index contributed by atoms with van der Waals surface area (Å²) in [5.74, 6) is -0.174. The van der Waals surface area contributed by atoms with Crippen molar-refractivity contribution < 1.29 is 9.71 Å². The highest BCUT2D eigenvalue weighted by Crippen LogP contribution is 2.01. The predicted octanol–water partition coefficient (Wildman–Crippen LogP) is 1.48. The minimum Gasteiger partial charge on any atom is -0.339 e. The maximum Gasteiger partial charge on any atom is 0.123 e. The van der Waals surface area contributed by atoms with Crippen LogP contribution in [0.5, 0.6) is 0 Å². The van der Waals surface area contributed by atoms with Crippen LogP contribution in [0, 0.1) is 5.82 Å². The Morgan fingerprint density at radius 3 is 2.62 bits per heavy atom. The molecule has 1 aromatic heterocycles. The molecule has 0 aliphatic carbocycles. The van der Waals surface area contributed by atoms with Gasteiger partial charge in [0.25, 0.3) is 0 Å². The number of pyridine rings is 1. The van der Waals surface area contributed by atoms with E-state index in [9.17, 15) is 4.39 Å². The van der Waals surface area contributed by atoms with Gasteiger partial charge in [-0.25, -0.2) is 4.39 Å². The molecule has 82 valence electrons. The van der Waals surface area contributed by atoms with Crippen LogP contribution in [0.1, 0.15) is 11.1 Å². The van der Waals surface area contributed by atoms with Gasteiger partial charge in [-0.15, -0.1) is 0 Å². The lowest BCUT2D eigenvalue weighted by molar-refractivity contribution is -0.686. The third kappa shape index (κ3) is 3.14. The van der Waals surface area contributed by atoms with E-state index in [-0.39, 0.29) is 5.82 Å². The zero-order valence-corrected chi connectivity index (χ0v) is 8.94. The van der Waals surface area contributed by atoms with Crippen molar-refractivity contribution in [1.82, 2.24) is 4.98 Å².